The van der Waals surface area contributed by atoms with Crippen molar-refractivity contribution in [2.24, 2.45) is 0 Å². The van der Waals surface area contributed by atoms with Crippen molar-refractivity contribution in [3.8, 4) is 0 Å². The molecule has 0 bridgehead atoms. The largest absolute Gasteiger partial charge is 0.395 e. The molecule has 96 valence electrons. The van der Waals surface area contributed by atoms with Gasteiger partial charge in [-0.05, 0) is 20.0 Å². The molecule has 1 aliphatic rings. The number of hydrogen-bond donors (Lipinski definition) is 1. The Balaban J connectivity index is 2.28. The lowest BCUT2D eigenvalue weighted by atomic mass is 10.2. The third-order valence-corrected chi connectivity index (χ3v) is 3.05. The fraction of sp³-hybridized carbons (Fsp3) is 1.00. The highest BCUT2D eigenvalue weighted by molar-refractivity contribution is 4.73. The maximum atomic E-state index is 9.02. The van der Waals surface area contributed by atoms with Crippen LogP contribution < -0.4 is 0 Å². The Kier molecular flexibility index (Phi) is 6.96. The van der Waals surface area contributed by atoms with E-state index < -0.39 is 0 Å². The fourth-order valence-electron chi connectivity index (χ4n) is 2.08. The van der Waals surface area contributed by atoms with Gasteiger partial charge < -0.3 is 14.7 Å². The standard InChI is InChI=1S/C12H26N2O2/c1-3-4-5-14(6-8-15)11-12-10-13(2)7-9-16-12/h12,15H,3-11H2,1-2H3. The Morgan fingerprint density at radius 2 is 2.25 bits per heavy atom. The highest BCUT2D eigenvalue weighted by Gasteiger charge is 2.20. The van der Waals surface area contributed by atoms with Crippen molar-refractivity contribution in [1.29, 1.82) is 0 Å². The topological polar surface area (TPSA) is 35.9 Å². The number of morpholine rings is 1. The minimum atomic E-state index is 0.242. The van der Waals surface area contributed by atoms with Gasteiger partial charge in [0.05, 0.1) is 19.3 Å². The fourth-order valence-corrected chi connectivity index (χ4v) is 2.08. The average molecular weight is 230 g/mol. The molecule has 1 atom stereocenters. The van der Waals surface area contributed by atoms with E-state index >= 15 is 0 Å². The van der Waals surface area contributed by atoms with Crippen LogP contribution in [0.2, 0.25) is 0 Å². The van der Waals surface area contributed by atoms with E-state index in [2.05, 4.69) is 23.8 Å². The molecule has 1 saturated heterocycles. The summed E-state index contributed by atoms with van der Waals surface area (Å²) in [5.41, 5.74) is 0. The minimum Gasteiger partial charge on any atom is -0.395 e. The molecular formula is C12H26N2O2. The van der Waals surface area contributed by atoms with Crippen LogP contribution in [-0.2, 0) is 4.74 Å². The predicted molar refractivity (Wildman–Crippen MR) is 65.7 cm³/mol. The first-order chi connectivity index (χ1) is 7.76. The van der Waals surface area contributed by atoms with Crippen LogP contribution in [0, 0.1) is 0 Å². The lowest BCUT2D eigenvalue weighted by Crippen LogP contribution is -2.46. The van der Waals surface area contributed by atoms with Crippen molar-refractivity contribution < 1.29 is 9.84 Å². The summed E-state index contributed by atoms with van der Waals surface area (Å²) in [5, 5.41) is 9.02. The van der Waals surface area contributed by atoms with Crippen molar-refractivity contribution in [2.75, 3.05) is 53.0 Å². The summed E-state index contributed by atoms with van der Waals surface area (Å²) in [4.78, 5) is 4.62. The Hall–Kier alpha value is -0.160. The molecule has 0 aliphatic carbocycles. The first-order valence-electron chi connectivity index (χ1n) is 6.39. The smallest absolute Gasteiger partial charge is 0.0829 e. The summed E-state index contributed by atoms with van der Waals surface area (Å²) < 4.78 is 5.74. The zero-order chi connectivity index (χ0) is 11.8. The van der Waals surface area contributed by atoms with Crippen LogP contribution in [0.4, 0.5) is 0 Å². The van der Waals surface area contributed by atoms with Crippen molar-refractivity contribution in [2.45, 2.75) is 25.9 Å². The van der Waals surface area contributed by atoms with Gasteiger partial charge in [-0.2, -0.15) is 0 Å². The van der Waals surface area contributed by atoms with Gasteiger partial charge >= 0.3 is 0 Å². The molecule has 16 heavy (non-hydrogen) atoms. The lowest BCUT2D eigenvalue weighted by molar-refractivity contribution is -0.0371. The maximum Gasteiger partial charge on any atom is 0.0829 e. The first kappa shape index (κ1) is 13.9. The molecule has 0 aromatic carbocycles. The van der Waals surface area contributed by atoms with E-state index in [1.54, 1.807) is 0 Å². The van der Waals surface area contributed by atoms with Gasteiger partial charge in [-0.15, -0.1) is 0 Å². The minimum absolute atomic E-state index is 0.242. The third-order valence-electron chi connectivity index (χ3n) is 3.05. The van der Waals surface area contributed by atoms with Crippen molar-refractivity contribution >= 4 is 0 Å². The van der Waals surface area contributed by atoms with Gasteiger partial charge in [0.2, 0.25) is 0 Å². The molecule has 1 fully saturated rings. The van der Waals surface area contributed by atoms with E-state index in [-0.39, 0.29) is 6.61 Å². The zero-order valence-corrected chi connectivity index (χ0v) is 10.7. The highest BCUT2D eigenvalue weighted by Crippen LogP contribution is 2.06. The summed E-state index contributed by atoms with van der Waals surface area (Å²) in [6, 6.07) is 0. The molecule has 0 aromatic rings. The summed E-state index contributed by atoms with van der Waals surface area (Å²) >= 11 is 0. The molecule has 0 saturated carbocycles. The number of likely N-dealkylation sites (N-methyl/N-ethyl adjacent to an activating group) is 1. The quantitative estimate of drug-likeness (QED) is 0.687. The Labute approximate surface area is 99.2 Å². The van der Waals surface area contributed by atoms with Crippen LogP contribution in [0.5, 0.6) is 0 Å². The average Bonchev–Trinajstić information content (AvgIpc) is 2.26. The molecule has 0 aromatic heterocycles. The van der Waals surface area contributed by atoms with Gasteiger partial charge in [-0.1, -0.05) is 13.3 Å². The number of hydrogen-bond acceptors (Lipinski definition) is 4. The van der Waals surface area contributed by atoms with E-state index in [0.717, 1.165) is 39.3 Å². The maximum absolute atomic E-state index is 9.02. The number of aliphatic hydroxyl groups is 1. The predicted octanol–water partition coefficient (Wildman–Crippen LogP) is 0.411. The van der Waals surface area contributed by atoms with E-state index in [4.69, 9.17) is 9.84 Å². The van der Waals surface area contributed by atoms with Gasteiger partial charge in [0.15, 0.2) is 0 Å². The molecule has 0 spiro atoms. The second-order valence-corrected chi connectivity index (χ2v) is 4.63. The van der Waals surface area contributed by atoms with E-state index in [1.807, 2.05) is 0 Å². The molecule has 4 nitrogen and oxygen atoms in total. The van der Waals surface area contributed by atoms with Crippen molar-refractivity contribution in [1.82, 2.24) is 9.80 Å². The molecular weight excluding hydrogens is 204 g/mol. The lowest BCUT2D eigenvalue weighted by Gasteiger charge is -2.33. The van der Waals surface area contributed by atoms with Gasteiger partial charge in [0.1, 0.15) is 0 Å². The van der Waals surface area contributed by atoms with Crippen LogP contribution in [0.15, 0.2) is 0 Å². The highest BCUT2D eigenvalue weighted by atomic mass is 16.5. The molecule has 1 N–H and O–H groups in total. The monoisotopic (exact) mass is 230 g/mol. The molecule has 1 heterocycles. The molecule has 1 aliphatic heterocycles. The molecule has 1 unspecified atom stereocenters. The van der Waals surface area contributed by atoms with E-state index in [0.29, 0.717) is 6.10 Å². The summed E-state index contributed by atoms with van der Waals surface area (Å²) in [6.45, 7) is 8.10. The number of rotatable bonds is 7. The van der Waals surface area contributed by atoms with Crippen molar-refractivity contribution in [3.05, 3.63) is 0 Å². The molecule has 4 heteroatoms. The summed E-state index contributed by atoms with van der Waals surface area (Å²) in [7, 11) is 2.14. The Morgan fingerprint density at radius 3 is 2.88 bits per heavy atom. The van der Waals surface area contributed by atoms with Gasteiger partial charge in [-0.25, -0.2) is 0 Å². The third kappa shape index (κ3) is 5.25. The van der Waals surface area contributed by atoms with Crippen LogP contribution in [0.25, 0.3) is 0 Å². The van der Waals surface area contributed by atoms with Gasteiger partial charge in [0.25, 0.3) is 0 Å². The normalized spacial score (nSPS) is 22.9. The van der Waals surface area contributed by atoms with Gasteiger partial charge in [0, 0.05) is 26.2 Å². The van der Waals surface area contributed by atoms with Crippen LogP contribution in [-0.4, -0.2) is 74.0 Å². The molecule has 0 radical (unpaired) electrons. The second-order valence-electron chi connectivity index (χ2n) is 4.63. The number of unbranched alkanes of at least 4 members (excludes halogenated alkanes) is 1. The van der Waals surface area contributed by atoms with Crippen molar-refractivity contribution in [3.63, 3.8) is 0 Å². The SMILES string of the molecule is CCCCN(CCO)CC1CN(C)CCO1. The second kappa shape index (κ2) is 8.01. The van der Waals surface area contributed by atoms with Crippen LogP contribution in [0.3, 0.4) is 0 Å². The Bertz CT molecular complexity index is 178. The zero-order valence-electron chi connectivity index (χ0n) is 10.7. The number of aliphatic hydroxyl groups excluding tert-OH is 1. The van der Waals surface area contributed by atoms with Crippen LogP contribution >= 0.6 is 0 Å². The van der Waals surface area contributed by atoms with E-state index in [1.165, 1.54) is 12.8 Å². The van der Waals surface area contributed by atoms with Crippen LogP contribution in [0.1, 0.15) is 19.8 Å². The van der Waals surface area contributed by atoms with Gasteiger partial charge in [-0.3, -0.25) is 4.90 Å². The number of ether oxygens (including phenoxy) is 1. The number of nitrogens with zero attached hydrogens (tertiary/aromatic N) is 2. The van der Waals surface area contributed by atoms with E-state index in [9.17, 15) is 0 Å². The molecule has 1 rings (SSSR count). The summed E-state index contributed by atoms with van der Waals surface area (Å²) in [5.74, 6) is 0. The molecule has 0 amide bonds. The summed E-state index contributed by atoms with van der Waals surface area (Å²) in [6.07, 6.45) is 2.71. The Morgan fingerprint density at radius 1 is 1.44 bits per heavy atom. The first-order valence-corrected chi connectivity index (χ1v) is 6.39.